The van der Waals surface area contributed by atoms with E-state index in [2.05, 4.69) is 44.3 Å². The standard InChI is InChI=1S/C19H41N2O5PSi2/c1-9-17-10-11-18(22)21(19(17)20-2)16-26-27(23,24-12-14-28(3,4)5)25-13-15-29(6,7)8/h9,18,22H,10-16H2,1-8H3/b17-9-,20-19+. The van der Waals surface area contributed by atoms with E-state index in [9.17, 15) is 9.67 Å². The fourth-order valence-electron chi connectivity index (χ4n) is 2.74. The highest BCUT2D eigenvalue weighted by atomic mass is 31.2. The van der Waals surface area contributed by atoms with E-state index in [1.165, 1.54) is 0 Å². The molecular weight excluding hydrogens is 423 g/mol. The number of likely N-dealkylation sites (tertiary alicyclic amines) is 1. The van der Waals surface area contributed by atoms with Gasteiger partial charge < -0.3 is 10.0 Å². The van der Waals surface area contributed by atoms with E-state index in [0.717, 1.165) is 24.1 Å². The van der Waals surface area contributed by atoms with Gasteiger partial charge in [0.2, 0.25) is 0 Å². The lowest BCUT2D eigenvalue weighted by Crippen LogP contribution is -2.45. The summed E-state index contributed by atoms with van der Waals surface area (Å²) in [5, 5.41) is 10.4. The zero-order valence-electron chi connectivity index (χ0n) is 19.5. The summed E-state index contributed by atoms with van der Waals surface area (Å²) in [6, 6.07) is 1.74. The molecule has 1 aliphatic rings. The van der Waals surface area contributed by atoms with Gasteiger partial charge in [-0.1, -0.05) is 45.4 Å². The van der Waals surface area contributed by atoms with Crippen molar-refractivity contribution in [1.29, 1.82) is 0 Å². The monoisotopic (exact) mass is 464 g/mol. The Morgan fingerprint density at radius 3 is 2.03 bits per heavy atom. The third-order valence-electron chi connectivity index (χ3n) is 4.71. The summed E-state index contributed by atoms with van der Waals surface area (Å²) in [4.78, 5) is 5.92. The van der Waals surface area contributed by atoms with E-state index in [0.29, 0.717) is 25.5 Å². The number of nitrogens with zero attached hydrogens (tertiary/aromatic N) is 2. The predicted octanol–water partition coefficient (Wildman–Crippen LogP) is 5.17. The number of piperidine rings is 1. The van der Waals surface area contributed by atoms with Crippen molar-refractivity contribution in [2.24, 2.45) is 4.99 Å². The average Bonchev–Trinajstić information content (AvgIpc) is 2.58. The van der Waals surface area contributed by atoms with Crippen molar-refractivity contribution in [3.8, 4) is 0 Å². The Morgan fingerprint density at radius 2 is 1.62 bits per heavy atom. The summed E-state index contributed by atoms with van der Waals surface area (Å²) in [5.74, 6) is 0.655. The Balaban J connectivity index is 2.84. The molecule has 0 bridgehead atoms. The Hall–Kier alpha value is -0.286. The first-order valence-corrected chi connectivity index (χ1v) is 19.3. The van der Waals surface area contributed by atoms with Crippen LogP contribution in [0.5, 0.6) is 0 Å². The van der Waals surface area contributed by atoms with Gasteiger partial charge in [0, 0.05) is 23.2 Å². The molecule has 1 unspecified atom stereocenters. The molecule has 0 aromatic carbocycles. The molecule has 0 radical (unpaired) electrons. The van der Waals surface area contributed by atoms with E-state index >= 15 is 0 Å². The van der Waals surface area contributed by atoms with Gasteiger partial charge in [-0.15, -0.1) is 0 Å². The van der Waals surface area contributed by atoms with Gasteiger partial charge in [0.05, 0.1) is 13.2 Å². The zero-order valence-corrected chi connectivity index (χ0v) is 22.4. The quantitative estimate of drug-likeness (QED) is 0.336. The van der Waals surface area contributed by atoms with E-state index in [-0.39, 0.29) is 6.73 Å². The van der Waals surface area contributed by atoms with Crippen LogP contribution in [0.25, 0.3) is 0 Å². The Kier molecular flexibility index (Phi) is 10.5. The fourth-order valence-corrected chi connectivity index (χ4v) is 5.63. The third-order valence-corrected chi connectivity index (χ3v) is 9.55. The number of aliphatic imine (C=N–C) groups is 1. The third kappa shape index (κ3) is 10.0. The summed E-state index contributed by atoms with van der Waals surface area (Å²) in [7, 11) is -4.74. The Labute approximate surface area is 179 Å². The average molecular weight is 465 g/mol. The molecule has 1 heterocycles. The minimum Gasteiger partial charge on any atom is -0.373 e. The van der Waals surface area contributed by atoms with Gasteiger partial charge in [0.25, 0.3) is 0 Å². The van der Waals surface area contributed by atoms with E-state index < -0.39 is 30.2 Å². The molecule has 1 saturated heterocycles. The van der Waals surface area contributed by atoms with Crippen LogP contribution in [-0.4, -0.2) is 65.2 Å². The van der Waals surface area contributed by atoms with Crippen LogP contribution in [-0.2, 0) is 18.1 Å². The number of phosphoric ester groups is 1. The van der Waals surface area contributed by atoms with Crippen LogP contribution in [0, 0.1) is 0 Å². The second-order valence-electron chi connectivity index (χ2n) is 9.84. The van der Waals surface area contributed by atoms with Crippen LogP contribution in [0.2, 0.25) is 51.4 Å². The molecular formula is C19H41N2O5PSi2. The van der Waals surface area contributed by atoms with Gasteiger partial charge in [-0.25, -0.2) is 4.57 Å². The molecule has 1 atom stereocenters. The Bertz CT molecular complexity index is 605. The van der Waals surface area contributed by atoms with Crippen LogP contribution in [0.15, 0.2) is 16.6 Å². The van der Waals surface area contributed by atoms with Crippen molar-refractivity contribution in [2.45, 2.75) is 77.4 Å². The van der Waals surface area contributed by atoms with Crippen LogP contribution < -0.4 is 0 Å². The van der Waals surface area contributed by atoms with Gasteiger partial charge in [-0.05, 0) is 37.4 Å². The van der Waals surface area contributed by atoms with Crippen LogP contribution in [0.1, 0.15) is 19.8 Å². The summed E-state index contributed by atoms with van der Waals surface area (Å²) in [6.45, 7) is 16.0. The maximum Gasteiger partial charge on any atom is 0.476 e. The number of aliphatic hydroxyl groups excluding tert-OH is 1. The molecule has 0 spiro atoms. The maximum atomic E-state index is 13.3. The van der Waals surface area contributed by atoms with Gasteiger partial charge in [0.15, 0.2) is 0 Å². The van der Waals surface area contributed by atoms with E-state index in [1.807, 2.05) is 13.0 Å². The predicted molar refractivity (Wildman–Crippen MR) is 126 cm³/mol. The number of aliphatic hydroxyl groups is 1. The molecule has 0 amide bonds. The smallest absolute Gasteiger partial charge is 0.373 e. The zero-order chi connectivity index (χ0) is 22.3. The number of rotatable bonds is 11. The number of amidine groups is 1. The van der Waals surface area contributed by atoms with Crippen molar-refractivity contribution in [1.82, 2.24) is 4.90 Å². The highest BCUT2D eigenvalue weighted by Crippen LogP contribution is 2.50. The highest BCUT2D eigenvalue weighted by Gasteiger charge is 2.33. The van der Waals surface area contributed by atoms with E-state index in [1.54, 1.807) is 11.9 Å². The van der Waals surface area contributed by atoms with Gasteiger partial charge >= 0.3 is 7.82 Å². The molecule has 0 aliphatic carbocycles. The largest absolute Gasteiger partial charge is 0.476 e. The maximum absolute atomic E-state index is 13.3. The summed E-state index contributed by atoms with van der Waals surface area (Å²) < 4.78 is 30.3. The first-order valence-electron chi connectivity index (χ1n) is 10.4. The molecule has 10 heteroatoms. The lowest BCUT2D eigenvalue weighted by atomic mass is 10.0. The molecule has 1 rings (SSSR count). The van der Waals surface area contributed by atoms with E-state index in [4.69, 9.17) is 13.6 Å². The Morgan fingerprint density at radius 1 is 1.10 bits per heavy atom. The normalized spacial score (nSPS) is 22.0. The number of hydrogen-bond acceptors (Lipinski definition) is 6. The molecule has 0 aromatic rings. The van der Waals surface area contributed by atoms with Gasteiger partial charge in [-0.2, -0.15) is 0 Å². The van der Waals surface area contributed by atoms with Crippen molar-refractivity contribution in [3.63, 3.8) is 0 Å². The van der Waals surface area contributed by atoms with Crippen LogP contribution in [0.4, 0.5) is 0 Å². The number of phosphoric acid groups is 1. The van der Waals surface area contributed by atoms with Gasteiger partial charge in [0.1, 0.15) is 18.8 Å². The first kappa shape index (κ1) is 26.7. The van der Waals surface area contributed by atoms with Crippen molar-refractivity contribution >= 4 is 29.8 Å². The lowest BCUT2D eigenvalue weighted by molar-refractivity contribution is -0.0127. The second kappa shape index (κ2) is 11.4. The second-order valence-corrected chi connectivity index (χ2v) is 22.8. The molecule has 0 aromatic heterocycles. The number of hydrogen-bond donors (Lipinski definition) is 1. The topological polar surface area (TPSA) is 80.6 Å². The van der Waals surface area contributed by atoms with Crippen molar-refractivity contribution in [2.75, 3.05) is 27.0 Å². The van der Waals surface area contributed by atoms with Crippen LogP contribution in [0.3, 0.4) is 0 Å². The molecule has 1 fully saturated rings. The molecule has 0 saturated carbocycles. The molecule has 7 nitrogen and oxygen atoms in total. The fraction of sp³-hybridized carbons (Fsp3) is 0.842. The molecule has 1 aliphatic heterocycles. The minimum absolute atomic E-state index is 0.0949. The number of allylic oxidation sites excluding steroid dienone is 1. The SMILES string of the molecule is C/C=C1/CCC(O)N(COP(=O)(OCC[Si](C)(C)C)OCC[Si](C)(C)C)/C1=N/C. The summed E-state index contributed by atoms with van der Waals surface area (Å²) in [5.41, 5.74) is 1.04. The lowest BCUT2D eigenvalue weighted by Gasteiger charge is -2.36. The first-order chi connectivity index (χ1) is 13.3. The summed E-state index contributed by atoms with van der Waals surface area (Å²) in [6.07, 6.45) is 2.56. The van der Waals surface area contributed by atoms with Crippen molar-refractivity contribution < 1.29 is 23.2 Å². The minimum atomic E-state index is -3.73. The molecule has 1 N–H and O–H groups in total. The van der Waals surface area contributed by atoms with Crippen molar-refractivity contribution in [3.05, 3.63) is 11.6 Å². The van der Waals surface area contributed by atoms with Crippen LogP contribution >= 0.6 is 7.82 Å². The molecule has 170 valence electrons. The highest BCUT2D eigenvalue weighted by molar-refractivity contribution is 7.48. The van der Waals surface area contributed by atoms with Gasteiger partial charge in [-0.3, -0.25) is 18.6 Å². The summed E-state index contributed by atoms with van der Waals surface area (Å²) >= 11 is 0. The molecule has 29 heavy (non-hydrogen) atoms.